The lowest BCUT2D eigenvalue weighted by atomic mass is 10.1. The lowest BCUT2D eigenvalue weighted by molar-refractivity contribution is -0.128. The molecule has 3 rings (SSSR count). The molecular formula is C19H20FNO3S. The third kappa shape index (κ3) is 3.90. The fourth-order valence-corrected chi connectivity index (χ4v) is 4.03. The summed E-state index contributed by atoms with van der Waals surface area (Å²) >= 11 is 1.56. The summed E-state index contributed by atoms with van der Waals surface area (Å²) in [5.74, 6) is 1.49. The molecule has 1 amide bonds. The summed E-state index contributed by atoms with van der Waals surface area (Å²) in [6.07, 6.45) is 0. The van der Waals surface area contributed by atoms with E-state index >= 15 is 0 Å². The van der Waals surface area contributed by atoms with Crippen LogP contribution in [0.25, 0.3) is 0 Å². The number of carbonyl (C=O) groups excluding carboxylic acids is 1. The molecule has 1 atom stereocenters. The van der Waals surface area contributed by atoms with Crippen molar-refractivity contribution >= 4 is 17.7 Å². The predicted octanol–water partition coefficient (Wildman–Crippen LogP) is 4.01. The molecule has 0 radical (unpaired) electrons. The predicted molar refractivity (Wildman–Crippen MR) is 96.3 cm³/mol. The van der Waals surface area contributed by atoms with Crippen molar-refractivity contribution in [3.8, 4) is 11.5 Å². The monoisotopic (exact) mass is 361 g/mol. The minimum atomic E-state index is -0.295. The molecule has 132 valence electrons. The van der Waals surface area contributed by atoms with Gasteiger partial charge in [0.2, 0.25) is 5.91 Å². The molecule has 0 aromatic heterocycles. The average Bonchev–Trinajstić information content (AvgIpc) is 2.96. The van der Waals surface area contributed by atoms with E-state index in [0.29, 0.717) is 30.4 Å². The highest BCUT2D eigenvalue weighted by atomic mass is 32.2. The minimum absolute atomic E-state index is 0.0491. The van der Waals surface area contributed by atoms with Gasteiger partial charge in [0, 0.05) is 6.54 Å². The largest absolute Gasteiger partial charge is 0.493 e. The van der Waals surface area contributed by atoms with E-state index in [-0.39, 0.29) is 17.1 Å². The van der Waals surface area contributed by atoms with Gasteiger partial charge in [-0.15, -0.1) is 11.8 Å². The molecule has 0 spiro atoms. The third-order valence-electron chi connectivity index (χ3n) is 3.98. The van der Waals surface area contributed by atoms with Gasteiger partial charge in [-0.2, -0.15) is 0 Å². The molecule has 1 heterocycles. The zero-order chi connectivity index (χ0) is 17.8. The fourth-order valence-electron chi connectivity index (χ4n) is 2.85. The van der Waals surface area contributed by atoms with Crippen molar-refractivity contribution in [3.63, 3.8) is 0 Å². The van der Waals surface area contributed by atoms with Crippen molar-refractivity contribution in [3.05, 3.63) is 59.4 Å². The molecule has 1 unspecified atom stereocenters. The number of thioether (sulfide) groups is 1. The number of hydrogen-bond acceptors (Lipinski definition) is 4. The van der Waals surface area contributed by atoms with Gasteiger partial charge in [0.1, 0.15) is 11.2 Å². The highest BCUT2D eigenvalue weighted by Crippen LogP contribution is 2.42. The number of rotatable bonds is 6. The van der Waals surface area contributed by atoms with Crippen molar-refractivity contribution in [2.24, 2.45) is 0 Å². The molecule has 1 fully saturated rings. The van der Waals surface area contributed by atoms with Gasteiger partial charge < -0.3 is 14.4 Å². The second kappa shape index (κ2) is 7.78. The van der Waals surface area contributed by atoms with Crippen molar-refractivity contribution in [1.29, 1.82) is 0 Å². The number of benzene rings is 2. The van der Waals surface area contributed by atoms with Crippen molar-refractivity contribution < 1.29 is 18.7 Å². The first-order valence-electron chi connectivity index (χ1n) is 8.08. The average molecular weight is 361 g/mol. The van der Waals surface area contributed by atoms with E-state index in [1.165, 1.54) is 12.1 Å². The zero-order valence-corrected chi connectivity index (χ0v) is 15.0. The van der Waals surface area contributed by atoms with E-state index in [0.717, 1.165) is 11.1 Å². The summed E-state index contributed by atoms with van der Waals surface area (Å²) in [4.78, 5) is 14.1. The number of ether oxygens (including phenoxy) is 2. The molecule has 1 saturated heterocycles. The van der Waals surface area contributed by atoms with E-state index in [9.17, 15) is 9.18 Å². The van der Waals surface area contributed by atoms with Crippen LogP contribution < -0.4 is 9.47 Å². The third-order valence-corrected chi connectivity index (χ3v) is 5.24. The van der Waals surface area contributed by atoms with E-state index in [4.69, 9.17) is 9.47 Å². The summed E-state index contributed by atoms with van der Waals surface area (Å²) in [5, 5.41) is -0.124. The summed E-state index contributed by atoms with van der Waals surface area (Å²) in [5.41, 5.74) is 1.75. The Labute approximate surface area is 150 Å². The Morgan fingerprint density at radius 1 is 1.24 bits per heavy atom. The molecule has 4 nitrogen and oxygen atoms in total. The first-order valence-corrected chi connectivity index (χ1v) is 9.13. The van der Waals surface area contributed by atoms with Crippen molar-refractivity contribution in [2.75, 3.05) is 19.5 Å². The van der Waals surface area contributed by atoms with Crippen molar-refractivity contribution in [1.82, 2.24) is 4.90 Å². The molecule has 6 heteroatoms. The Hall–Kier alpha value is -2.21. The van der Waals surface area contributed by atoms with Crippen LogP contribution in [0.15, 0.2) is 42.5 Å². The second-order valence-corrected chi connectivity index (χ2v) is 6.73. The highest BCUT2D eigenvalue weighted by molar-refractivity contribution is 8.00. The summed E-state index contributed by atoms with van der Waals surface area (Å²) in [6.45, 7) is 2.82. The molecule has 1 aliphatic rings. The Balaban J connectivity index is 1.87. The number of methoxy groups -OCH3 is 1. The van der Waals surface area contributed by atoms with Gasteiger partial charge in [-0.25, -0.2) is 4.39 Å². The number of amides is 1. The van der Waals surface area contributed by atoms with E-state index in [1.807, 2.05) is 31.2 Å². The summed E-state index contributed by atoms with van der Waals surface area (Å²) in [6, 6.07) is 12.1. The lowest BCUT2D eigenvalue weighted by Crippen LogP contribution is -2.27. The maximum Gasteiger partial charge on any atom is 0.234 e. The maximum absolute atomic E-state index is 13.4. The van der Waals surface area contributed by atoms with Gasteiger partial charge in [0.15, 0.2) is 11.5 Å². The fraction of sp³-hybridized carbons (Fsp3) is 0.316. The van der Waals surface area contributed by atoms with E-state index in [2.05, 4.69) is 0 Å². The molecule has 2 aromatic carbocycles. The van der Waals surface area contributed by atoms with Gasteiger partial charge in [0.05, 0.1) is 19.5 Å². The van der Waals surface area contributed by atoms with Crippen LogP contribution in [-0.2, 0) is 11.3 Å². The standard InChI is InChI=1S/C19H20FNO3S/c1-3-24-17-10-14(7-8-16(17)23-2)19-21(18(22)12-25-19)11-13-5-4-6-15(20)9-13/h4-10,19H,3,11-12H2,1-2H3. The number of carbonyl (C=O) groups is 1. The van der Waals surface area contributed by atoms with Crippen LogP contribution in [0.3, 0.4) is 0 Å². The lowest BCUT2D eigenvalue weighted by Gasteiger charge is -2.25. The number of nitrogens with zero attached hydrogens (tertiary/aromatic N) is 1. The van der Waals surface area contributed by atoms with Gasteiger partial charge in [-0.1, -0.05) is 18.2 Å². The normalized spacial score (nSPS) is 17.0. The highest BCUT2D eigenvalue weighted by Gasteiger charge is 2.33. The van der Waals surface area contributed by atoms with E-state index < -0.39 is 0 Å². The Kier molecular flexibility index (Phi) is 5.48. The summed E-state index contributed by atoms with van der Waals surface area (Å²) < 4.78 is 24.4. The van der Waals surface area contributed by atoms with Crippen LogP contribution in [0, 0.1) is 5.82 Å². The minimum Gasteiger partial charge on any atom is -0.493 e. The molecule has 0 bridgehead atoms. The van der Waals surface area contributed by atoms with E-state index in [1.54, 1.807) is 29.8 Å². The van der Waals surface area contributed by atoms with Gasteiger partial charge in [0.25, 0.3) is 0 Å². The Morgan fingerprint density at radius 2 is 2.08 bits per heavy atom. The van der Waals surface area contributed by atoms with Crippen LogP contribution >= 0.6 is 11.8 Å². The zero-order valence-electron chi connectivity index (χ0n) is 14.2. The molecular weight excluding hydrogens is 341 g/mol. The van der Waals surface area contributed by atoms with Crippen LogP contribution in [0.1, 0.15) is 23.4 Å². The smallest absolute Gasteiger partial charge is 0.234 e. The quantitative estimate of drug-likeness (QED) is 0.779. The van der Waals surface area contributed by atoms with Gasteiger partial charge in [-0.05, 0) is 42.3 Å². The number of hydrogen-bond donors (Lipinski definition) is 0. The molecule has 1 aliphatic heterocycles. The van der Waals surface area contributed by atoms with Crippen LogP contribution in [0.5, 0.6) is 11.5 Å². The molecule has 0 aliphatic carbocycles. The first-order chi connectivity index (χ1) is 12.1. The Morgan fingerprint density at radius 3 is 2.80 bits per heavy atom. The topological polar surface area (TPSA) is 38.8 Å². The van der Waals surface area contributed by atoms with Gasteiger partial charge >= 0.3 is 0 Å². The second-order valence-electron chi connectivity index (χ2n) is 5.66. The maximum atomic E-state index is 13.4. The van der Waals surface area contributed by atoms with Crippen LogP contribution in [-0.4, -0.2) is 30.3 Å². The first kappa shape index (κ1) is 17.6. The van der Waals surface area contributed by atoms with Crippen LogP contribution in [0.4, 0.5) is 4.39 Å². The van der Waals surface area contributed by atoms with Crippen molar-refractivity contribution in [2.45, 2.75) is 18.8 Å². The summed E-state index contributed by atoms with van der Waals surface area (Å²) in [7, 11) is 1.60. The van der Waals surface area contributed by atoms with Crippen LogP contribution in [0.2, 0.25) is 0 Å². The van der Waals surface area contributed by atoms with Gasteiger partial charge in [-0.3, -0.25) is 4.79 Å². The molecule has 25 heavy (non-hydrogen) atoms. The Bertz CT molecular complexity index is 768. The SMILES string of the molecule is CCOc1cc(C2SCC(=O)N2Cc2cccc(F)c2)ccc1OC. The molecule has 0 saturated carbocycles. The number of halogens is 1. The molecule has 2 aromatic rings. The molecule has 0 N–H and O–H groups in total.